The third-order valence-electron chi connectivity index (χ3n) is 0.167. The van der Waals surface area contributed by atoms with E-state index in [2.05, 4.69) is 0 Å². The van der Waals surface area contributed by atoms with E-state index in [1.54, 1.807) is 0 Å². The number of halogens is 2. The first kappa shape index (κ1) is 26.0. The fourth-order valence-electron chi connectivity index (χ4n) is 0. The van der Waals surface area contributed by atoms with Gasteiger partial charge in [0, 0.05) is 13.1 Å². The van der Waals surface area contributed by atoms with Gasteiger partial charge in [0.05, 0.1) is 0 Å². The summed E-state index contributed by atoms with van der Waals surface area (Å²) in [6.07, 6.45) is 0. The average molecular weight is 150 g/mol. The topological polar surface area (TPSA) is 87.0 Å². The monoisotopic (exact) mass is 149 g/mol. The van der Waals surface area contributed by atoms with E-state index in [4.69, 9.17) is 11.5 Å². The second kappa shape index (κ2) is 31.8. The molecule has 0 saturated heterocycles. The molecule has 0 fully saturated rings. The van der Waals surface area contributed by atoms with Gasteiger partial charge in [0.1, 0.15) is 0 Å². The molecule has 0 saturated carbocycles. The lowest BCUT2D eigenvalue weighted by molar-refractivity contribution is 0.976. The molecule has 0 atom stereocenters. The molecule has 0 rings (SSSR count). The molecule has 0 aromatic carbocycles. The van der Waals surface area contributed by atoms with Crippen molar-refractivity contribution in [1.82, 2.24) is 6.15 Å². The molecule has 0 bridgehead atoms. The first-order valence-electron chi connectivity index (χ1n) is 1.32. The Kier molecular flexibility index (Phi) is 118. The van der Waals surface area contributed by atoms with Crippen molar-refractivity contribution in [3.05, 3.63) is 0 Å². The summed E-state index contributed by atoms with van der Waals surface area (Å²) in [4.78, 5) is 0. The minimum Gasteiger partial charge on any atom is -0.344 e. The van der Waals surface area contributed by atoms with Gasteiger partial charge in [-0.2, -0.15) is 0 Å². The van der Waals surface area contributed by atoms with Crippen molar-refractivity contribution in [2.75, 3.05) is 13.1 Å². The molecule has 0 aromatic heterocycles. The Morgan fingerprint density at radius 3 is 1.00 bits per heavy atom. The lowest BCUT2D eigenvalue weighted by Crippen LogP contribution is -2.11. The Morgan fingerprint density at radius 1 is 0.857 bits per heavy atom. The lowest BCUT2D eigenvalue weighted by atomic mass is 10.7. The molecule has 7 N–H and O–H groups in total. The fourth-order valence-corrected chi connectivity index (χ4v) is 0. The van der Waals surface area contributed by atoms with Crippen molar-refractivity contribution >= 4 is 24.8 Å². The molecule has 0 aromatic rings. The van der Waals surface area contributed by atoms with E-state index in [1.165, 1.54) is 0 Å². The summed E-state index contributed by atoms with van der Waals surface area (Å²) < 4.78 is 0. The number of hydrogen-bond acceptors (Lipinski definition) is 3. The van der Waals surface area contributed by atoms with Crippen LogP contribution in [0.1, 0.15) is 0 Å². The average Bonchev–Trinajstić information content (AvgIpc) is 1.37. The summed E-state index contributed by atoms with van der Waals surface area (Å²) >= 11 is 0. The Bertz CT molecular complexity index is 12.9. The summed E-state index contributed by atoms with van der Waals surface area (Å²) in [5.74, 6) is 0. The van der Waals surface area contributed by atoms with Gasteiger partial charge in [-0.05, 0) is 0 Å². The van der Waals surface area contributed by atoms with E-state index < -0.39 is 0 Å². The Morgan fingerprint density at radius 2 is 1.00 bits per heavy atom. The first-order chi connectivity index (χ1) is 1.91. The van der Waals surface area contributed by atoms with Crippen molar-refractivity contribution < 1.29 is 0 Å². The number of nitrogens with two attached hydrogens (primary N) is 2. The second-order valence-corrected chi connectivity index (χ2v) is 0.577. The highest BCUT2D eigenvalue weighted by atomic mass is 35.5. The van der Waals surface area contributed by atoms with Crippen LogP contribution in [-0.2, 0) is 0 Å². The summed E-state index contributed by atoms with van der Waals surface area (Å²) in [5.41, 5.74) is 9.81. The maximum Gasteiger partial charge on any atom is 0.00461 e. The second-order valence-electron chi connectivity index (χ2n) is 0.577. The van der Waals surface area contributed by atoms with Crippen LogP contribution < -0.4 is 17.6 Å². The molecule has 7 heavy (non-hydrogen) atoms. The largest absolute Gasteiger partial charge is 0.344 e. The van der Waals surface area contributed by atoms with E-state index >= 15 is 0 Å². The molecule has 5 heteroatoms. The first-order valence-corrected chi connectivity index (χ1v) is 1.32. The van der Waals surface area contributed by atoms with Gasteiger partial charge in [0.2, 0.25) is 0 Å². The van der Waals surface area contributed by atoms with E-state index in [-0.39, 0.29) is 31.0 Å². The van der Waals surface area contributed by atoms with Crippen LogP contribution in [0.4, 0.5) is 0 Å². The Labute approximate surface area is 56.2 Å². The smallest absolute Gasteiger partial charge is 0.00461 e. The Balaban J connectivity index is -0.0000000150. The van der Waals surface area contributed by atoms with Gasteiger partial charge in [-0.3, -0.25) is 0 Å². The van der Waals surface area contributed by atoms with Crippen molar-refractivity contribution in [2.24, 2.45) is 11.5 Å². The third-order valence-corrected chi connectivity index (χ3v) is 0.167. The van der Waals surface area contributed by atoms with Gasteiger partial charge in [0.25, 0.3) is 0 Å². The zero-order valence-corrected chi connectivity index (χ0v) is 5.73. The highest BCUT2D eigenvalue weighted by Gasteiger charge is 1.54. The Hall–Kier alpha value is 0.460. The van der Waals surface area contributed by atoms with Gasteiger partial charge in [-0.15, -0.1) is 24.8 Å². The molecule has 0 spiro atoms. The minimum atomic E-state index is 0. The molecule has 0 aliphatic carbocycles. The minimum absolute atomic E-state index is 0. The van der Waals surface area contributed by atoms with Crippen LogP contribution >= 0.6 is 24.8 Å². The van der Waals surface area contributed by atoms with Crippen molar-refractivity contribution in [3.8, 4) is 0 Å². The summed E-state index contributed by atoms with van der Waals surface area (Å²) in [5, 5.41) is 0. The lowest BCUT2D eigenvalue weighted by Gasteiger charge is -1.72. The highest BCUT2D eigenvalue weighted by Crippen LogP contribution is 1.24. The summed E-state index contributed by atoms with van der Waals surface area (Å²) in [6.45, 7) is 1.19. The fraction of sp³-hybridized carbons (Fsp3) is 1.00. The van der Waals surface area contributed by atoms with Crippen LogP contribution in [0.2, 0.25) is 0 Å². The van der Waals surface area contributed by atoms with Crippen molar-refractivity contribution in [2.45, 2.75) is 0 Å². The predicted molar refractivity (Wildman–Crippen MR) is 37.6 cm³/mol. The van der Waals surface area contributed by atoms with Gasteiger partial charge < -0.3 is 17.6 Å². The highest BCUT2D eigenvalue weighted by molar-refractivity contribution is 5.85. The zero-order valence-electron chi connectivity index (χ0n) is 4.09. The maximum absolute atomic E-state index is 4.90. The molecular weight excluding hydrogens is 137 g/mol. The maximum atomic E-state index is 4.90. The SMILES string of the molecule is Cl.Cl.N.NCCN. The van der Waals surface area contributed by atoms with Gasteiger partial charge >= 0.3 is 0 Å². The van der Waals surface area contributed by atoms with Gasteiger partial charge in [0.15, 0.2) is 0 Å². The normalized spacial score (nSPS) is 4.29. The molecule has 0 aliphatic rings. The van der Waals surface area contributed by atoms with Crippen LogP contribution in [0, 0.1) is 0 Å². The third kappa shape index (κ3) is 60.3. The molecular formula is C2H13Cl2N3. The zero-order chi connectivity index (χ0) is 3.41. The van der Waals surface area contributed by atoms with Crippen LogP contribution in [0.3, 0.4) is 0 Å². The van der Waals surface area contributed by atoms with Crippen molar-refractivity contribution in [1.29, 1.82) is 0 Å². The molecule has 50 valence electrons. The molecule has 0 aliphatic heterocycles. The molecule has 3 nitrogen and oxygen atoms in total. The summed E-state index contributed by atoms with van der Waals surface area (Å²) in [7, 11) is 0. The predicted octanol–water partition coefficient (Wildman–Crippen LogP) is -0.0906. The van der Waals surface area contributed by atoms with Crippen LogP contribution in [0.25, 0.3) is 0 Å². The van der Waals surface area contributed by atoms with Crippen LogP contribution in [-0.4, -0.2) is 13.1 Å². The summed E-state index contributed by atoms with van der Waals surface area (Å²) in [6, 6.07) is 0. The van der Waals surface area contributed by atoms with Crippen molar-refractivity contribution in [3.63, 3.8) is 0 Å². The van der Waals surface area contributed by atoms with Crippen LogP contribution in [0.5, 0.6) is 0 Å². The molecule has 0 radical (unpaired) electrons. The molecule has 0 unspecified atom stereocenters. The van der Waals surface area contributed by atoms with E-state index in [9.17, 15) is 0 Å². The standard InChI is InChI=1S/C2H8N2.2ClH.H3N/c3-1-2-4;;;/h1-4H2;2*1H;1H3. The van der Waals surface area contributed by atoms with Crippen LogP contribution in [0.15, 0.2) is 0 Å². The molecule has 0 heterocycles. The van der Waals surface area contributed by atoms with Gasteiger partial charge in [-0.1, -0.05) is 0 Å². The number of hydrogen-bond donors (Lipinski definition) is 3. The van der Waals surface area contributed by atoms with Gasteiger partial charge in [-0.25, -0.2) is 0 Å². The van der Waals surface area contributed by atoms with E-state index in [0.717, 1.165) is 0 Å². The molecule has 0 amide bonds. The van der Waals surface area contributed by atoms with E-state index in [1.807, 2.05) is 0 Å². The quantitative estimate of drug-likeness (QED) is 0.488. The van der Waals surface area contributed by atoms with E-state index in [0.29, 0.717) is 13.1 Å². The number of rotatable bonds is 1.